The first-order chi connectivity index (χ1) is 11.3. The van der Waals surface area contributed by atoms with E-state index in [9.17, 15) is 9.90 Å². The Morgan fingerprint density at radius 3 is 2.83 bits per heavy atom. The number of likely N-dealkylation sites (tertiary alicyclic amines) is 1. The van der Waals surface area contributed by atoms with Gasteiger partial charge in [0.05, 0.1) is 12.5 Å². The summed E-state index contributed by atoms with van der Waals surface area (Å²) in [6.07, 6.45) is 4.29. The van der Waals surface area contributed by atoms with E-state index in [4.69, 9.17) is 4.42 Å². The third-order valence-corrected chi connectivity index (χ3v) is 4.41. The molecule has 1 aliphatic heterocycles. The first-order valence-corrected chi connectivity index (χ1v) is 7.96. The number of carbonyl (C=O) groups is 1. The SMILES string of the molecule is O=C(N[C@@H]1CN(Cc2ccoc2)CC[C@@H]1CO)c1ccccc1. The van der Waals surface area contributed by atoms with Gasteiger partial charge in [0.15, 0.2) is 0 Å². The number of nitrogens with zero attached hydrogens (tertiary/aromatic N) is 1. The van der Waals surface area contributed by atoms with Gasteiger partial charge in [0.25, 0.3) is 5.91 Å². The van der Waals surface area contributed by atoms with Gasteiger partial charge in [-0.2, -0.15) is 0 Å². The molecule has 2 N–H and O–H groups in total. The predicted molar refractivity (Wildman–Crippen MR) is 86.9 cm³/mol. The van der Waals surface area contributed by atoms with Crippen molar-refractivity contribution in [3.05, 3.63) is 60.1 Å². The lowest BCUT2D eigenvalue weighted by Gasteiger charge is -2.38. The van der Waals surface area contributed by atoms with Gasteiger partial charge in [-0.1, -0.05) is 18.2 Å². The van der Waals surface area contributed by atoms with Gasteiger partial charge in [-0.25, -0.2) is 0 Å². The lowest BCUT2D eigenvalue weighted by Crippen LogP contribution is -2.53. The summed E-state index contributed by atoms with van der Waals surface area (Å²) < 4.78 is 5.11. The molecule has 2 aromatic rings. The molecular weight excluding hydrogens is 292 g/mol. The molecule has 0 spiro atoms. The summed E-state index contributed by atoms with van der Waals surface area (Å²) in [4.78, 5) is 14.7. The zero-order chi connectivity index (χ0) is 16.1. The number of aliphatic hydroxyl groups is 1. The molecule has 1 aliphatic rings. The molecule has 0 bridgehead atoms. The van der Waals surface area contributed by atoms with Gasteiger partial charge in [0, 0.05) is 42.8 Å². The largest absolute Gasteiger partial charge is 0.472 e. The fourth-order valence-electron chi connectivity index (χ4n) is 3.08. The smallest absolute Gasteiger partial charge is 0.251 e. The van der Waals surface area contributed by atoms with Crippen molar-refractivity contribution in [3.63, 3.8) is 0 Å². The molecule has 0 radical (unpaired) electrons. The van der Waals surface area contributed by atoms with E-state index in [-0.39, 0.29) is 24.5 Å². The molecule has 0 saturated carbocycles. The molecule has 1 amide bonds. The van der Waals surface area contributed by atoms with Crippen molar-refractivity contribution in [1.29, 1.82) is 0 Å². The molecule has 5 nitrogen and oxygen atoms in total. The van der Waals surface area contributed by atoms with Crippen molar-refractivity contribution >= 4 is 5.91 Å². The normalized spacial score (nSPS) is 22.0. The van der Waals surface area contributed by atoms with Crippen molar-refractivity contribution in [2.45, 2.75) is 19.0 Å². The van der Waals surface area contributed by atoms with Crippen LogP contribution in [0.25, 0.3) is 0 Å². The third-order valence-electron chi connectivity index (χ3n) is 4.41. The van der Waals surface area contributed by atoms with Crippen LogP contribution in [-0.2, 0) is 6.54 Å². The maximum absolute atomic E-state index is 12.4. The van der Waals surface area contributed by atoms with Crippen LogP contribution in [-0.4, -0.2) is 41.7 Å². The summed E-state index contributed by atoms with van der Waals surface area (Å²) in [5.41, 5.74) is 1.77. The van der Waals surface area contributed by atoms with Crippen molar-refractivity contribution in [2.24, 2.45) is 5.92 Å². The molecule has 2 heterocycles. The number of piperidine rings is 1. The summed E-state index contributed by atoms with van der Waals surface area (Å²) in [5, 5.41) is 12.7. The van der Waals surface area contributed by atoms with Crippen LogP contribution >= 0.6 is 0 Å². The minimum Gasteiger partial charge on any atom is -0.472 e. The highest BCUT2D eigenvalue weighted by atomic mass is 16.3. The van der Waals surface area contributed by atoms with E-state index in [0.29, 0.717) is 5.56 Å². The van der Waals surface area contributed by atoms with Gasteiger partial charge in [0.1, 0.15) is 0 Å². The number of furan rings is 1. The lowest BCUT2D eigenvalue weighted by atomic mass is 9.91. The Morgan fingerprint density at radius 1 is 1.30 bits per heavy atom. The lowest BCUT2D eigenvalue weighted by molar-refractivity contribution is 0.0730. The Bertz CT molecular complexity index is 612. The quantitative estimate of drug-likeness (QED) is 0.884. The Kier molecular flexibility index (Phi) is 5.10. The van der Waals surface area contributed by atoms with Crippen LogP contribution in [0.4, 0.5) is 0 Å². The molecule has 0 unspecified atom stereocenters. The van der Waals surface area contributed by atoms with Crippen LogP contribution in [0, 0.1) is 5.92 Å². The highest BCUT2D eigenvalue weighted by Crippen LogP contribution is 2.20. The summed E-state index contributed by atoms with van der Waals surface area (Å²) in [7, 11) is 0. The van der Waals surface area contributed by atoms with E-state index in [0.717, 1.165) is 31.6 Å². The maximum Gasteiger partial charge on any atom is 0.251 e. The number of hydrogen-bond acceptors (Lipinski definition) is 4. The Morgan fingerprint density at radius 2 is 2.13 bits per heavy atom. The van der Waals surface area contributed by atoms with Gasteiger partial charge in [-0.05, 0) is 31.2 Å². The number of carbonyl (C=O) groups excluding carboxylic acids is 1. The minimum atomic E-state index is -0.0841. The average molecular weight is 314 g/mol. The summed E-state index contributed by atoms with van der Waals surface area (Å²) in [6.45, 7) is 2.54. The first kappa shape index (κ1) is 15.8. The predicted octanol–water partition coefficient (Wildman–Crippen LogP) is 1.89. The molecule has 1 fully saturated rings. The van der Waals surface area contributed by atoms with Crippen LogP contribution in [0.1, 0.15) is 22.3 Å². The highest BCUT2D eigenvalue weighted by Gasteiger charge is 2.30. The second-order valence-corrected chi connectivity index (χ2v) is 6.04. The fourth-order valence-corrected chi connectivity index (χ4v) is 3.08. The second-order valence-electron chi connectivity index (χ2n) is 6.04. The molecular formula is C18H22N2O3. The highest BCUT2D eigenvalue weighted by molar-refractivity contribution is 5.94. The fraction of sp³-hybridized carbons (Fsp3) is 0.389. The maximum atomic E-state index is 12.4. The second kappa shape index (κ2) is 7.44. The van der Waals surface area contributed by atoms with Crippen LogP contribution in [0.15, 0.2) is 53.3 Å². The molecule has 1 aromatic heterocycles. The Labute approximate surface area is 135 Å². The van der Waals surface area contributed by atoms with E-state index < -0.39 is 0 Å². The number of amides is 1. The topological polar surface area (TPSA) is 65.7 Å². The first-order valence-electron chi connectivity index (χ1n) is 7.96. The van der Waals surface area contributed by atoms with E-state index in [1.807, 2.05) is 24.3 Å². The number of rotatable bonds is 5. The van der Waals surface area contributed by atoms with Crippen LogP contribution in [0.5, 0.6) is 0 Å². The number of nitrogens with one attached hydrogen (secondary N) is 1. The average Bonchev–Trinajstić information content (AvgIpc) is 3.09. The van der Waals surface area contributed by atoms with Crippen molar-refractivity contribution in [3.8, 4) is 0 Å². The van der Waals surface area contributed by atoms with Gasteiger partial charge in [-0.3, -0.25) is 9.69 Å². The van der Waals surface area contributed by atoms with Crippen LogP contribution in [0.2, 0.25) is 0 Å². The zero-order valence-corrected chi connectivity index (χ0v) is 13.0. The third kappa shape index (κ3) is 4.00. The van der Waals surface area contributed by atoms with Crippen LogP contribution < -0.4 is 5.32 Å². The van der Waals surface area contributed by atoms with Gasteiger partial charge in [-0.15, -0.1) is 0 Å². The Balaban J connectivity index is 1.63. The molecule has 3 rings (SSSR count). The van der Waals surface area contributed by atoms with Gasteiger partial charge < -0.3 is 14.8 Å². The standard InChI is InChI=1S/C18H22N2O3/c21-12-16-6-8-20(10-14-7-9-23-13-14)11-17(16)19-18(22)15-4-2-1-3-5-15/h1-5,7,9,13,16-17,21H,6,8,10-12H2,(H,19,22)/t16-,17-/m1/s1. The van der Waals surface area contributed by atoms with Crippen LogP contribution in [0.3, 0.4) is 0 Å². The molecule has 0 aliphatic carbocycles. The van der Waals surface area contributed by atoms with E-state index in [1.165, 1.54) is 0 Å². The van der Waals surface area contributed by atoms with E-state index in [2.05, 4.69) is 10.2 Å². The van der Waals surface area contributed by atoms with Crippen molar-refractivity contribution in [1.82, 2.24) is 10.2 Å². The van der Waals surface area contributed by atoms with E-state index in [1.54, 1.807) is 24.7 Å². The zero-order valence-electron chi connectivity index (χ0n) is 13.0. The summed E-state index contributed by atoms with van der Waals surface area (Å²) >= 11 is 0. The number of benzene rings is 1. The van der Waals surface area contributed by atoms with Gasteiger partial charge in [0.2, 0.25) is 0 Å². The number of aliphatic hydroxyl groups excluding tert-OH is 1. The molecule has 5 heteroatoms. The molecule has 2 atom stereocenters. The van der Waals surface area contributed by atoms with Gasteiger partial charge >= 0.3 is 0 Å². The summed E-state index contributed by atoms with van der Waals surface area (Å²) in [6, 6.07) is 11.1. The molecule has 23 heavy (non-hydrogen) atoms. The van der Waals surface area contributed by atoms with E-state index >= 15 is 0 Å². The summed E-state index contributed by atoms with van der Waals surface area (Å²) in [5.74, 6) is 0.0162. The molecule has 1 aromatic carbocycles. The molecule has 1 saturated heterocycles. The monoisotopic (exact) mass is 314 g/mol. The van der Waals surface area contributed by atoms with Crippen molar-refractivity contribution < 1.29 is 14.3 Å². The molecule has 122 valence electrons. The number of hydrogen-bond donors (Lipinski definition) is 2. The van der Waals surface area contributed by atoms with Crippen molar-refractivity contribution in [2.75, 3.05) is 19.7 Å². The Hall–Kier alpha value is -2.11. The minimum absolute atomic E-state index is 0.0478.